The van der Waals surface area contributed by atoms with Gasteiger partial charge in [-0.3, -0.25) is 4.90 Å². The van der Waals surface area contributed by atoms with Gasteiger partial charge < -0.3 is 15.0 Å². The molecule has 0 radical (unpaired) electrons. The molecule has 30 heavy (non-hydrogen) atoms. The zero-order valence-corrected chi connectivity index (χ0v) is 19.1. The molecule has 1 aromatic heterocycles. The van der Waals surface area contributed by atoms with Gasteiger partial charge in [-0.25, -0.2) is 4.98 Å². The number of nitrogens with zero attached hydrogens (tertiary/aromatic N) is 3. The molecule has 6 nitrogen and oxygen atoms in total. The van der Waals surface area contributed by atoms with Crippen molar-refractivity contribution in [2.24, 2.45) is 0 Å². The minimum Gasteiger partial charge on any atom is -0.382 e. The Bertz CT molecular complexity index is 939. The number of fused-ring (bicyclic) bond motifs is 1. The first kappa shape index (κ1) is 22.3. The lowest BCUT2D eigenvalue weighted by Crippen LogP contribution is -2.42. The van der Waals surface area contributed by atoms with Gasteiger partial charge in [-0.1, -0.05) is 12.1 Å². The molecule has 2 heterocycles. The number of H-pyrrole nitrogens is 1. The Balaban J connectivity index is 1.70. The van der Waals surface area contributed by atoms with Crippen LogP contribution in [0.15, 0.2) is 18.2 Å². The molecule has 0 aliphatic carbocycles. The molecule has 1 aliphatic rings. The van der Waals surface area contributed by atoms with Gasteiger partial charge in [0, 0.05) is 38.1 Å². The summed E-state index contributed by atoms with van der Waals surface area (Å²) in [5.41, 5.74) is 4.27. The van der Waals surface area contributed by atoms with Gasteiger partial charge >= 0.3 is 0 Å². The molecular formula is C23H32N5OS+. The molecule has 2 aromatic rings. The van der Waals surface area contributed by atoms with E-state index in [0.29, 0.717) is 5.56 Å². The number of nitriles is 1. The molecule has 3 rings (SSSR count). The molecule has 160 valence electrons. The van der Waals surface area contributed by atoms with E-state index in [1.165, 1.54) is 11.1 Å². The first-order valence-electron chi connectivity index (χ1n) is 10.8. The monoisotopic (exact) mass is 426 g/mol. The Morgan fingerprint density at radius 3 is 2.87 bits per heavy atom. The summed E-state index contributed by atoms with van der Waals surface area (Å²) in [5.74, 6) is 0.913. The number of hydrogen-bond donors (Lipinski definition) is 1. The number of rotatable bonds is 6. The Hall–Kier alpha value is -2.43. The fourth-order valence-electron chi connectivity index (χ4n) is 3.84. The third-order valence-electron chi connectivity index (χ3n) is 5.73. The minimum atomic E-state index is 0.691. The maximum atomic E-state index is 9.75. The smallest absolute Gasteiger partial charge is 0.293 e. The summed E-state index contributed by atoms with van der Waals surface area (Å²) in [5, 5.41) is 15.0. The average Bonchev–Trinajstić information content (AvgIpc) is 3.01. The van der Waals surface area contributed by atoms with Gasteiger partial charge in [-0.15, -0.1) is 0 Å². The van der Waals surface area contributed by atoms with Gasteiger partial charge in [-0.2, -0.15) is 5.26 Å². The quantitative estimate of drug-likeness (QED) is 0.566. The Morgan fingerprint density at radius 1 is 1.27 bits per heavy atom. The summed E-state index contributed by atoms with van der Waals surface area (Å²) in [7, 11) is 0. The highest BCUT2D eigenvalue weighted by Crippen LogP contribution is 2.24. The van der Waals surface area contributed by atoms with Crippen molar-refractivity contribution in [3.05, 3.63) is 34.9 Å². The molecule has 7 heteroatoms. The SMILES string of the molecule is CCOCCCNC(=S)N1CCCN(c2[nH+]c3c(C)c(C)ccc3cc2C#N)CC1. The van der Waals surface area contributed by atoms with E-state index in [0.717, 1.165) is 80.6 Å². The number of nitrogens with one attached hydrogen (secondary N) is 2. The molecular weight excluding hydrogens is 394 g/mol. The van der Waals surface area contributed by atoms with Crippen LogP contribution in [0.25, 0.3) is 10.9 Å². The van der Waals surface area contributed by atoms with Crippen LogP contribution in [0.1, 0.15) is 36.5 Å². The molecule has 1 aromatic carbocycles. The van der Waals surface area contributed by atoms with E-state index in [9.17, 15) is 5.26 Å². The average molecular weight is 427 g/mol. The van der Waals surface area contributed by atoms with Crippen LogP contribution in [0.3, 0.4) is 0 Å². The van der Waals surface area contributed by atoms with Crippen molar-refractivity contribution in [2.45, 2.75) is 33.6 Å². The number of aryl methyl sites for hydroxylation is 2. The Labute approximate surface area is 184 Å². The lowest BCUT2D eigenvalue weighted by Gasteiger charge is -2.23. The number of aromatic nitrogens is 1. The van der Waals surface area contributed by atoms with E-state index in [1.54, 1.807) is 0 Å². The first-order valence-corrected chi connectivity index (χ1v) is 11.2. The van der Waals surface area contributed by atoms with E-state index in [4.69, 9.17) is 17.0 Å². The van der Waals surface area contributed by atoms with Crippen LogP contribution in [-0.2, 0) is 4.74 Å². The second kappa shape index (κ2) is 10.6. The fourth-order valence-corrected chi connectivity index (χ4v) is 4.12. The van der Waals surface area contributed by atoms with Crippen LogP contribution < -0.4 is 15.2 Å². The van der Waals surface area contributed by atoms with E-state index in [2.05, 4.69) is 52.2 Å². The van der Waals surface area contributed by atoms with Crippen molar-refractivity contribution in [3.8, 4) is 6.07 Å². The molecule has 0 bridgehead atoms. The maximum Gasteiger partial charge on any atom is 0.293 e. The third-order valence-corrected chi connectivity index (χ3v) is 6.13. The lowest BCUT2D eigenvalue weighted by molar-refractivity contribution is -0.331. The van der Waals surface area contributed by atoms with E-state index < -0.39 is 0 Å². The molecule has 1 aliphatic heterocycles. The number of anilines is 1. The number of ether oxygens (including phenoxy) is 1. The summed E-state index contributed by atoms with van der Waals surface area (Å²) in [6.07, 6.45) is 1.94. The molecule has 0 spiro atoms. The van der Waals surface area contributed by atoms with Gasteiger partial charge in [0.15, 0.2) is 5.11 Å². The summed E-state index contributed by atoms with van der Waals surface area (Å²) in [4.78, 5) is 8.10. The Kier molecular flexibility index (Phi) is 7.83. The van der Waals surface area contributed by atoms with E-state index >= 15 is 0 Å². The zero-order valence-electron chi connectivity index (χ0n) is 18.3. The van der Waals surface area contributed by atoms with Crippen molar-refractivity contribution in [2.75, 3.05) is 50.8 Å². The lowest BCUT2D eigenvalue weighted by atomic mass is 10.0. The van der Waals surface area contributed by atoms with Crippen LogP contribution in [0, 0.1) is 25.2 Å². The largest absolute Gasteiger partial charge is 0.382 e. The molecule has 0 atom stereocenters. The fraction of sp³-hybridized carbons (Fsp3) is 0.522. The standard InChI is InChI=1S/C23H31N5OS/c1-4-29-14-5-9-25-23(30)28-11-6-10-27(12-13-28)22-20(16-24)15-19-8-7-17(2)18(3)21(19)26-22/h7-8,15H,4-6,9-14H2,1-3H3,(H,25,30)/p+1. The number of aromatic amines is 1. The number of benzene rings is 1. The predicted octanol–water partition coefficient (Wildman–Crippen LogP) is 2.96. The molecule has 0 amide bonds. The first-order chi connectivity index (χ1) is 14.5. The molecule has 0 saturated carbocycles. The topological polar surface area (TPSA) is 65.7 Å². The molecule has 1 fully saturated rings. The highest BCUT2D eigenvalue weighted by Gasteiger charge is 2.26. The van der Waals surface area contributed by atoms with Crippen LogP contribution in [0.2, 0.25) is 0 Å². The van der Waals surface area contributed by atoms with Crippen molar-refractivity contribution >= 4 is 34.1 Å². The summed E-state index contributed by atoms with van der Waals surface area (Å²) >= 11 is 5.61. The van der Waals surface area contributed by atoms with Crippen molar-refractivity contribution in [3.63, 3.8) is 0 Å². The molecule has 2 N–H and O–H groups in total. The minimum absolute atomic E-state index is 0.691. The predicted molar refractivity (Wildman–Crippen MR) is 125 cm³/mol. The molecule has 1 saturated heterocycles. The third kappa shape index (κ3) is 5.18. The van der Waals surface area contributed by atoms with Gasteiger partial charge in [0.05, 0.1) is 13.1 Å². The van der Waals surface area contributed by atoms with Crippen LogP contribution >= 0.6 is 12.2 Å². The number of hydrogen-bond acceptors (Lipinski definition) is 4. The Morgan fingerprint density at radius 2 is 2.10 bits per heavy atom. The summed E-state index contributed by atoms with van der Waals surface area (Å²) < 4.78 is 5.38. The number of pyridine rings is 1. The van der Waals surface area contributed by atoms with Gasteiger partial charge in [-0.05, 0) is 56.6 Å². The van der Waals surface area contributed by atoms with Crippen LogP contribution in [-0.4, -0.2) is 55.9 Å². The number of thiocarbonyl (C=S) groups is 1. The van der Waals surface area contributed by atoms with Crippen LogP contribution in [0.4, 0.5) is 5.82 Å². The normalized spacial score (nSPS) is 14.5. The van der Waals surface area contributed by atoms with Crippen molar-refractivity contribution < 1.29 is 9.72 Å². The summed E-state index contributed by atoms with van der Waals surface area (Å²) in [6.45, 7) is 12.1. The van der Waals surface area contributed by atoms with Gasteiger partial charge in [0.2, 0.25) is 0 Å². The van der Waals surface area contributed by atoms with Gasteiger partial charge in [0.1, 0.15) is 23.7 Å². The van der Waals surface area contributed by atoms with Gasteiger partial charge in [0.25, 0.3) is 5.82 Å². The second-order valence-electron chi connectivity index (χ2n) is 7.73. The highest BCUT2D eigenvalue weighted by atomic mass is 32.1. The maximum absolute atomic E-state index is 9.75. The van der Waals surface area contributed by atoms with E-state index in [1.807, 2.05) is 13.0 Å². The van der Waals surface area contributed by atoms with Crippen molar-refractivity contribution in [1.29, 1.82) is 5.26 Å². The van der Waals surface area contributed by atoms with Crippen molar-refractivity contribution in [1.82, 2.24) is 10.2 Å². The van der Waals surface area contributed by atoms with E-state index in [-0.39, 0.29) is 0 Å². The second-order valence-corrected chi connectivity index (χ2v) is 8.11. The molecule has 0 unspecified atom stereocenters. The highest BCUT2D eigenvalue weighted by molar-refractivity contribution is 7.80. The summed E-state index contributed by atoms with van der Waals surface area (Å²) in [6, 6.07) is 8.57. The van der Waals surface area contributed by atoms with Crippen LogP contribution in [0.5, 0.6) is 0 Å². The zero-order chi connectivity index (χ0) is 21.5.